The lowest BCUT2D eigenvalue weighted by molar-refractivity contribution is -0.123. The van der Waals surface area contributed by atoms with E-state index in [9.17, 15) is 4.79 Å². The van der Waals surface area contributed by atoms with E-state index in [1.54, 1.807) is 0 Å². The highest BCUT2D eigenvalue weighted by Crippen LogP contribution is 2.57. The van der Waals surface area contributed by atoms with Crippen LogP contribution in [0.3, 0.4) is 0 Å². The van der Waals surface area contributed by atoms with Crippen LogP contribution in [0.2, 0.25) is 0 Å². The van der Waals surface area contributed by atoms with Crippen LogP contribution in [0.4, 0.5) is 0 Å². The zero-order valence-electron chi connectivity index (χ0n) is 13.1. The SMILES string of the molecule is Cl.NCC(NC(=O)C1C2CCCC21)c1ccc2ccccc2c1. The van der Waals surface area contributed by atoms with Gasteiger partial charge in [-0.05, 0) is 47.1 Å². The van der Waals surface area contributed by atoms with E-state index in [4.69, 9.17) is 5.73 Å². The molecule has 4 heteroatoms. The Labute approximate surface area is 143 Å². The molecule has 122 valence electrons. The number of carbonyl (C=O) groups is 1. The van der Waals surface area contributed by atoms with Crippen molar-refractivity contribution in [3.63, 3.8) is 0 Å². The fourth-order valence-electron chi connectivity index (χ4n) is 4.18. The van der Waals surface area contributed by atoms with Crippen molar-refractivity contribution >= 4 is 29.1 Å². The second kappa shape index (κ2) is 6.50. The van der Waals surface area contributed by atoms with E-state index in [0.717, 1.165) is 5.56 Å². The van der Waals surface area contributed by atoms with Gasteiger partial charge in [-0.15, -0.1) is 12.4 Å². The number of hydrogen-bond acceptors (Lipinski definition) is 2. The minimum atomic E-state index is -0.0848. The first kappa shape index (κ1) is 16.3. The van der Waals surface area contributed by atoms with Crippen molar-refractivity contribution in [2.45, 2.75) is 25.3 Å². The van der Waals surface area contributed by atoms with Gasteiger partial charge in [-0.3, -0.25) is 4.79 Å². The molecule has 0 heterocycles. The maximum absolute atomic E-state index is 12.5. The van der Waals surface area contributed by atoms with Crippen LogP contribution in [0.1, 0.15) is 30.9 Å². The summed E-state index contributed by atoms with van der Waals surface area (Å²) in [4.78, 5) is 12.5. The summed E-state index contributed by atoms with van der Waals surface area (Å²) in [7, 11) is 0. The molecule has 2 fully saturated rings. The normalized spacial score (nSPS) is 26.2. The van der Waals surface area contributed by atoms with E-state index >= 15 is 0 Å². The molecular formula is C19H23ClN2O. The Hall–Kier alpha value is -1.58. The fraction of sp³-hybridized carbons (Fsp3) is 0.421. The van der Waals surface area contributed by atoms with Crippen molar-refractivity contribution in [1.29, 1.82) is 0 Å². The summed E-state index contributed by atoms with van der Waals surface area (Å²) in [6.07, 6.45) is 3.75. The lowest BCUT2D eigenvalue weighted by atomic mass is 10.0. The van der Waals surface area contributed by atoms with Gasteiger partial charge in [0.1, 0.15) is 0 Å². The molecular weight excluding hydrogens is 308 g/mol. The van der Waals surface area contributed by atoms with Crippen molar-refractivity contribution < 1.29 is 4.79 Å². The van der Waals surface area contributed by atoms with E-state index in [0.29, 0.717) is 18.4 Å². The van der Waals surface area contributed by atoms with Gasteiger partial charge >= 0.3 is 0 Å². The lowest BCUT2D eigenvalue weighted by Gasteiger charge is -2.18. The van der Waals surface area contributed by atoms with Gasteiger partial charge in [0, 0.05) is 12.5 Å². The maximum Gasteiger partial charge on any atom is 0.224 e. The lowest BCUT2D eigenvalue weighted by Crippen LogP contribution is -2.35. The molecule has 2 aromatic carbocycles. The molecule has 0 saturated heterocycles. The third kappa shape index (κ3) is 2.96. The second-order valence-corrected chi connectivity index (χ2v) is 6.69. The summed E-state index contributed by atoms with van der Waals surface area (Å²) in [5, 5.41) is 5.58. The van der Waals surface area contributed by atoms with Gasteiger partial charge < -0.3 is 11.1 Å². The average molecular weight is 331 g/mol. The number of benzene rings is 2. The molecule has 3 unspecified atom stereocenters. The van der Waals surface area contributed by atoms with Crippen molar-refractivity contribution in [2.24, 2.45) is 23.5 Å². The molecule has 4 rings (SSSR count). The molecule has 0 radical (unpaired) electrons. The monoisotopic (exact) mass is 330 g/mol. The highest BCUT2D eigenvalue weighted by Gasteiger charge is 2.56. The number of fused-ring (bicyclic) bond motifs is 2. The Morgan fingerprint density at radius 3 is 2.52 bits per heavy atom. The van der Waals surface area contributed by atoms with Crippen LogP contribution >= 0.6 is 12.4 Å². The molecule has 3 nitrogen and oxygen atoms in total. The summed E-state index contributed by atoms with van der Waals surface area (Å²) in [6.45, 7) is 0.437. The van der Waals surface area contributed by atoms with Crippen LogP contribution < -0.4 is 11.1 Å². The molecule has 2 aliphatic rings. The zero-order chi connectivity index (χ0) is 15.1. The van der Waals surface area contributed by atoms with E-state index in [1.807, 2.05) is 12.1 Å². The summed E-state index contributed by atoms with van der Waals surface area (Å²) in [5.74, 6) is 1.76. The highest BCUT2D eigenvalue weighted by molar-refractivity contribution is 5.85. The Bertz CT molecular complexity index is 707. The van der Waals surface area contributed by atoms with Crippen LogP contribution in [-0.4, -0.2) is 12.5 Å². The molecule has 0 spiro atoms. The van der Waals surface area contributed by atoms with Crippen molar-refractivity contribution in [3.8, 4) is 0 Å². The number of halogens is 1. The molecule has 3 atom stereocenters. The average Bonchev–Trinajstić information content (AvgIpc) is 3.05. The highest BCUT2D eigenvalue weighted by atomic mass is 35.5. The minimum absolute atomic E-state index is 0. The topological polar surface area (TPSA) is 55.1 Å². The van der Waals surface area contributed by atoms with Gasteiger partial charge in [-0.1, -0.05) is 42.8 Å². The van der Waals surface area contributed by atoms with Gasteiger partial charge in [-0.2, -0.15) is 0 Å². The zero-order valence-corrected chi connectivity index (χ0v) is 13.9. The van der Waals surface area contributed by atoms with Crippen molar-refractivity contribution in [2.75, 3.05) is 6.54 Å². The van der Waals surface area contributed by atoms with E-state index in [1.165, 1.54) is 30.0 Å². The molecule has 2 saturated carbocycles. The largest absolute Gasteiger partial charge is 0.348 e. The first-order chi connectivity index (χ1) is 10.8. The van der Waals surface area contributed by atoms with E-state index in [2.05, 4.69) is 35.6 Å². The molecule has 3 N–H and O–H groups in total. The summed E-state index contributed by atoms with van der Waals surface area (Å²) in [5.41, 5.74) is 7.02. The molecule has 23 heavy (non-hydrogen) atoms. The van der Waals surface area contributed by atoms with Crippen LogP contribution in [0.5, 0.6) is 0 Å². The summed E-state index contributed by atoms with van der Waals surface area (Å²) in [6, 6.07) is 14.5. The molecule has 1 amide bonds. The second-order valence-electron chi connectivity index (χ2n) is 6.69. The van der Waals surface area contributed by atoms with Crippen molar-refractivity contribution in [1.82, 2.24) is 5.32 Å². The van der Waals surface area contributed by atoms with Gasteiger partial charge in [0.2, 0.25) is 5.91 Å². The number of rotatable bonds is 4. The predicted molar refractivity (Wildman–Crippen MR) is 95.5 cm³/mol. The Balaban J connectivity index is 0.00000156. The van der Waals surface area contributed by atoms with Crippen molar-refractivity contribution in [3.05, 3.63) is 48.0 Å². The van der Waals surface area contributed by atoms with Crippen LogP contribution in [0.25, 0.3) is 10.8 Å². The fourth-order valence-corrected chi connectivity index (χ4v) is 4.18. The first-order valence-corrected chi connectivity index (χ1v) is 8.27. The third-order valence-corrected chi connectivity index (χ3v) is 5.44. The minimum Gasteiger partial charge on any atom is -0.348 e. The Kier molecular flexibility index (Phi) is 4.60. The molecule has 2 aromatic rings. The summed E-state index contributed by atoms with van der Waals surface area (Å²) >= 11 is 0. The Morgan fingerprint density at radius 1 is 1.13 bits per heavy atom. The number of carbonyl (C=O) groups excluding carboxylic acids is 1. The standard InChI is InChI=1S/C19H22N2O.ClH/c20-11-17(21-19(22)18-15-6-3-7-16(15)18)14-9-8-12-4-1-2-5-13(12)10-14;/h1-2,4-5,8-10,15-18H,3,6-7,11,20H2,(H,21,22);1H. The van der Waals surface area contributed by atoms with Gasteiger partial charge in [0.05, 0.1) is 6.04 Å². The smallest absolute Gasteiger partial charge is 0.224 e. The van der Waals surface area contributed by atoms with Crippen LogP contribution in [0.15, 0.2) is 42.5 Å². The predicted octanol–water partition coefficient (Wildman–Crippen LogP) is 3.42. The Morgan fingerprint density at radius 2 is 1.83 bits per heavy atom. The molecule has 2 aliphatic carbocycles. The molecule has 0 aliphatic heterocycles. The number of amides is 1. The van der Waals surface area contributed by atoms with E-state index < -0.39 is 0 Å². The third-order valence-electron chi connectivity index (χ3n) is 5.44. The number of hydrogen-bond donors (Lipinski definition) is 2. The number of nitrogens with one attached hydrogen (secondary N) is 1. The van der Waals surface area contributed by atoms with Crippen LogP contribution in [-0.2, 0) is 4.79 Å². The van der Waals surface area contributed by atoms with Gasteiger partial charge in [0.25, 0.3) is 0 Å². The first-order valence-electron chi connectivity index (χ1n) is 8.27. The van der Waals surface area contributed by atoms with Gasteiger partial charge in [-0.25, -0.2) is 0 Å². The molecule has 0 aromatic heterocycles. The summed E-state index contributed by atoms with van der Waals surface area (Å²) < 4.78 is 0. The quantitative estimate of drug-likeness (QED) is 0.902. The van der Waals surface area contributed by atoms with Crippen LogP contribution in [0, 0.1) is 17.8 Å². The molecule has 0 bridgehead atoms. The van der Waals surface area contributed by atoms with E-state index in [-0.39, 0.29) is 30.3 Å². The maximum atomic E-state index is 12.5. The number of nitrogens with two attached hydrogens (primary N) is 1. The van der Waals surface area contributed by atoms with Gasteiger partial charge in [0.15, 0.2) is 0 Å².